The highest BCUT2D eigenvalue weighted by Gasteiger charge is 2.24. The molecule has 1 aliphatic rings. The molecule has 7 heteroatoms. The topological polar surface area (TPSA) is 93.8 Å². The summed E-state index contributed by atoms with van der Waals surface area (Å²) in [5.74, 6) is 2.40. The van der Waals surface area contributed by atoms with Crippen LogP contribution in [0.25, 0.3) is 21.9 Å². The van der Waals surface area contributed by atoms with Crippen LogP contribution in [-0.4, -0.2) is 35.3 Å². The van der Waals surface area contributed by atoms with Crippen molar-refractivity contribution in [2.24, 2.45) is 0 Å². The molecule has 1 aliphatic carbocycles. The van der Waals surface area contributed by atoms with E-state index in [0.29, 0.717) is 34.2 Å². The summed E-state index contributed by atoms with van der Waals surface area (Å²) in [6, 6.07) is 13.1. The fourth-order valence-corrected chi connectivity index (χ4v) is 3.93. The first kappa shape index (κ1) is 20.3. The van der Waals surface area contributed by atoms with Gasteiger partial charge in [0, 0.05) is 35.1 Å². The zero-order chi connectivity index (χ0) is 22.1. The number of amides is 1. The Morgan fingerprint density at radius 3 is 2.75 bits per heavy atom. The molecule has 7 nitrogen and oxygen atoms in total. The summed E-state index contributed by atoms with van der Waals surface area (Å²) in [5.41, 5.74) is 1.92. The molecule has 0 unspecified atom stereocenters. The molecule has 0 spiro atoms. The van der Waals surface area contributed by atoms with Gasteiger partial charge in [0.25, 0.3) is 5.91 Å². The van der Waals surface area contributed by atoms with Crippen LogP contribution in [0, 0.1) is 6.92 Å². The van der Waals surface area contributed by atoms with Gasteiger partial charge in [0.2, 0.25) is 0 Å². The smallest absolute Gasteiger partial charge is 0.255 e. The van der Waals surface area contributed by atoms with Gasteiger partial charge in [0.15, 0.2) is 0 Å². The lowest BCUT2D eigenvalue weighted by Crippen LogP contribution is -2.39. The molecule has 164 valence electrons. The zero-order valence-electron chi connectivity index (χ0n) is 17.8. The molecule has 5 rings (SSSR count). The maximum Gasteiger partial charge on any atom is 0.255 e. The Balaban J connectivity index is 1.42. The third-order valence-electron chi connectivity index (χ3n) is 5.77. The number of aliphatic hydroxyl groups is 1. The number of aromatic nitrogens is 1. The first-order valence-corrected chi connectivity index (χ1v) is 10.8. The minimum atomic E-state index is -0.0843. The van der Waals surface area contributed by atoms with Gasteiger partial charge in [-0.05, 0) is 56.5 Å². The quantitative estimate of drug-likeness (QED) is 0.438. The van der Waals surface area contributed by atoms with E-state index in [1.807, 2.05) is 37.3 Å². The molecule has 2 aromatic heterocycles. The summed E-state index contributed by atoms with van der Waals surface area (Å²) in [6.07, 6.45) is 4.91. The van der Waals surface area contributed by atoms with E-state index >= 15 is 0 Å². The van der Waals surface area contributed by atoms with Gasteiger partial charge in [-0.25, -0.2) is 0 Å². The second-order valence-electron chi connectivity index (χ2n) is 7.95. The predicted octanol–water partition coefficient (Wildman–Crippen LogP) is 4.74. The molecule has 2 N–H and O–H groups in total. The van der Waals surface area contributed by atoms with E-state index in [4.69, 9.17) is 19.0 Å². The molecule has 2 aromatic carbocycles. The van der Waals surface area contributed by atoms with Crippen molar-refractivity contribution in [1.29, 1.82) is 0 Å². The Labute approximate surface area is 185 Å². The molecule has 1 fully saturated rings. The number of benzene rings is 2. The normalized spacial score (nSPS) is 13.8. The number of rotatable bonds is 7. The maximum absolute atomic E-state index is 12.7. The number of hydrogen-bond donors (Lipinski definition) is 2. The monoisotopic (exact) mass is 432 g/mol. The van der Waals surface area contributed by atoms with Gasteiger partial charge in [-0.1, -0.05) is 0 Å². The van der Waals surface area contributed by atoms with Gasteiger partial charge in [0.05, 0.1) is 17.7 Å². The number of nitrogens with zero attached hydrogens (tertiary/aromatic N) is 1. The van der Waals surface area contributed by atoms with Crippen molar-refractivity contribution >= 4 is 27.8 Å². The van der Waals surface area contributed by atoms with E-state index < -0.39 is 0 Å². The van der Waals surface area contributed by atoms with Gasteiger partial charge in [-0.3, -0.25) is 9.78 Å². The summed E-state index contributed by atoms with van der Waals surface area (Å²) in [4.78, 5) is 17.1. The van der Waals surface area contributed by atoms with Gasteiger partial charge in [-0.15, -0.1) is 0 Å². The highest BCUT2D eigenvalue weighted by Crippen LogP contribution is 2.34. The lowest BCUT2D eigenvalue weighted by molar-refractivity contribution is 0.0917. The number of nitrogens with one attached hydrogen (secondary N) is 1. The van der Waals surface area contributed by atoms with Crippen molar-refractivity contribution in [3.63, 3.8) is 0 Å². The molecule has 32 heavy (non-hydrogen) atoms. The predicted molar refractivity (Wildman–Crippen MR) is 120 cm³/mol. The van der Waals surface area contributed by atoms with Crippen LogP contribution in [0.1, 0.15) is 35.4 Å². The van der Waals surface area contributed by atoms with Crippen molar-refractivity contribution in [3.8, 4) is 17.2 Å². The fraction of sp³-hybridized carbons (Fsp3) is 0.280. The number of fused-ring (bicyclic) bond motifs is 2. The van der Waals surface area contributed by atoms with Gasteiger partial charge >= 0.3 is 0 Å². The van der Waals surface area contributed by atoms with Crippen molar-refractivity contribution in [2.75, 3.05) is 13.2 Å². The Morgan fingerprint density at radius 1 is 1.16 bits per heavy atom. The molecular weight excluding hydrogens is 408 g/mol. The summed E-state index contributed by atoms with van der Waals surface area (Å²) >= 11 is 0. The Bertz CT molecular complexity index is 1290. The number of hydrogen-bond acceptors (Lipinski definition) is 6. The van der Waals surface area contributed by atoms with Crippen LogP contribution in [0.5, 0.6) is 17.2 Å². The second kappa shape index (κ2) is 8.51. The van der Waals surface area contributed by atoms with Crippen LogP contribution < -0.4 is 14.8 Å². The summed E-state index contributed by atoms with van der Waals surface area (Å²) in [7, 11) is 0. The average Bonchev–Trinajstić information content (AvgIpc) is 3.09. The van der Waals surface area contributed by atoms with Crippen molar-refractivity contribution in [2.45, 2.75) is 32.2 Å². The molecule has 0 atom stereocenters. The Hall–Kier alpha value is -3.58. The van der Waals surface area contributed by atoms with Crippen LogP contribution in [0.15, 0.2) is 53.1 Å². The van der Waals surface area contributed by atoms with Crippen LogP contribution >= 0.6 is 0 Å². The molecule has 1 saturated carbocycles. The third-order valence-corrected chi connectivity index (χ3v) is 5.77. The van der Waals surface area contributed by atoms with E-state index in [0.717, 1.165) is 35.6 Å². The minimum Gasteiger partial charge on any atom is -0.491 e. The van der Waals surface area contributed by atoms with Gasteiger partial charge in [0.1, 0.15) is 35.2 Å². The lowest BCUT2D eigenvalue weighted by atomic mass is 9.93. The van der Waals surface area contributed by atoms with Crippen molar-refractivity contribution in [3.05, 3.63) is 60.0 Å². The number of carbonyl (C=O) groups is 1. The average molecular weight is 432 g/mol. The standard InChI is InChI=1S/C25H24N2O5/c1-15-24(25(29)27-16-3-2-4-16)20-8-6-18(14-23(20)31-15)32-22-9-10-26-21-13-17(30-12-11-28)5-7-19(21)22/h5-10,13-14,16,28H,2-4,11-12H2,1H3,(H,27,29). The van der Waals surface area contributed by atoms with E-state index in [1.54, 1.807) is 18.3 Å². The molecular formula is C25H24N2O5. The number of aryl methyl sites for hydroxylation is 1. The van der Waals surface area contributed by atoms with Crippen LogP contribution in [-0.2, 0) is 0 Å². The van der Waals surface area contributed by atoms with E-state index in [2.05, 4.69) is 10.3 Å². The fourth-order valence-electron chi connectivity index (χ4n) is 3.93. The highest BCUT2D eigenvalue weighted by atomic mass is 16.5. The van der Waals surface area contributed by atoms with Crippen LogP contribution in [0.4, 0.5) is 0 Å². The minimum absolute atomic E-state index is 0.0483. The molecule has 0 radical (unpaired) electrons. The van der Waals surface area contributed by atoms with Crippen molar-refractivity contribution < 1.29 is 23.8 Å². The second-order valence-corrected chi connectivity index (χ2v) is 7.95. The van der Waals surface area contributed by atoms with Gasteiger partial charge < -0.3 is 24.3 Å². The van der Waals surface area contributed by atoms with E-state index in [-0.39, 0.29) is 25.2 Å². The molecule has 1 amide bonds. The van der Waals surface area contributed by atoms with Crippen molar-refractivity contribution in [1.82, 2.24) is 10.3 Å². The number of aliphatic hydroxyl groups excluding tert-OH is 1. The van der Waals surface area contributed by atoms with Crippen LogP contribution in [0.2, 0.25) is 0 Å². The number of ether oxygens (including phenoxy) is 2. The maximum atomic E-state index is 12.7. The molecule has 4 aromatic rings. The summed E-state index contributed by atoms with van der Waals surface area (Å²) in [6.45, 7) is 1.99. The summed E-state index contributed by atoms with van der Waals surface area (Å²) in [5, 5.41) is 13.6. The zero-order valence-corrected chi connectivity index (χ0v) is 17.8. The number of carbonyl (C=O) groups excluding carboxylic acids is 1. The molecule has 0 saturated heterocycles. The molecule has 2 heterocycles. The first-order valence-electron chi connectivity index (χ1n) is 10.8. The first-order chi connectivity index (χ1) is 15.6. The van der Waals surface area contributed by atoms with E-state index in [1.165, 1.54) is 0 Å². The van der Waals surface area contributed by atoms with Gasteiger partial charge in [-0.2, -0.15) is 0 Å². The number of furan rings is 1. The molecule has 0 aliphatic heterocycles. The summed E-state index contributed by atoms with van der Waals surface area (Å²) < 4.78 is 17.5. The largest absolute Gasteiger partial charge is 0.491 e. The SMILES string of the molecule is Cc1oc2cc(Oc3ccnc4cc(OCCO)ccc34)ccc2c1C(=O)NC1CCC1. The van der Waals surface area contributed by atoms with E-state index in [9.17, 15) is 4.79 Å². The lowest BCUT2D eigenvalue weighted by Gasteiger charge is -2.26. The third kappa shape index (κ3) is 3.87. The van der Waals surface area contributed by atoms with Crippen LogP contribution in [0.3, 0.4) is 0 Å². The Kier molecular flexibility index (Phi) is 5.41. The highest BCUT2D eigenvalue weighted by molar-refractivity contribution is 6.07. The number of pyridine rings is 1. The Morgan fingerprint density at radius 2 is 1.97 bits per heavy atom. The molecule has 0 bridgehead atoms.